The van der Waals surface area contributed by atoms with Crippen LogP contribution in [-0.2, 0) is 23.8 Å². The van der Waals surface area contributed by atoms with Crippen molar-refractivity contribution in [2.45, 2.75) is 109 Å². The molecular formula is C47H66N2O11. The highest BCUT2D eigenvalue weighted by Gasteiger charge is 2.65. The summed E-state index contributed by atoms with van der Waals surface area (Å²) in [6, 6.07) is 11.2. The molecule has 2 aliphatic heterocycles. The molecule has 1 saturated heterocycles. The van der Waals surface area contributed by atoms with Gasteiger partial charge in [-0.2, -0.15) is 0 Å². The van der Waals surface area contributed by atoms with Gasteiger partial charge in [0.05, 0.1) is 51.3 Å². The molecule has 3 N–H and O–H groups in total. The van der Waals surface area contributed by atoms with E-state index in [-0.39, 0.29) is 77.0 Å². The molecule has 2 fully saturated rings. The van der Waals surface area contributed by atoms with Crippen LogP contribution in [0.2, 0.25) is 0 Å². The van der Waals surface area contributed by atoms with Gasteiger partial charge >= 0.3 is 6.09 Å². The van der Waals surface area contributed by atoms with Crippen LogP contribution in [0.1, 0.15) is 93.7 Å². The minimum atomic E-state index is -1.45. The first-order valence-corrected chi connectivity index (χ1v) is 22.0. The van der Waals surface area contributed by atoms with Crippen molar-refractivity contribution in [1.82, 2.24) is 4.90 Å². The molecule has 13 heteroatoms. The van der Waals surface area contributed by atoms with Gasteiger partial charge in [-0.15, -0.1) is 6.58 Å². The molecule has 6 rings (SSSR count). The van der Waals surface area contributed by atoms with Crippen LogP contribution in [0.5, 0.6) is 17.2 Å². The molecule has 1 amide bonds. The minimum Gasteiger partial charge on any atom is -0.459 e. The van der Waals surface area contributed by atoms with E-state index >= 15 is 0 Å². The molecule has 1 saturated carbocycles. The van der Waals surface area contributed by atoms with Gasteiger partial charge in [0.2, 0.25) is 12.1 Å². The molecule has 4 aliphatic rings. The zero-order chi connectivity index (χ0) is 42.5. The summed E-state index contributed by atoms with van der Waals surface area (Å²) in [5, 5.41) is 34.3. The van der Waals surface area contributed by atoms with E-state index in [0.29, 0.717) is 43.1 Å². The van der Waals surface area contributed by atoms with Crippen molar-refractivity contribution in [1.29, 1.82) is 0 Å². The van der Waals surface area contributed by atoms with Gasteiger partial charge < -0.3 is 48.6 Å². The summed E-state index contributed by atoms with van der Waals surface area (Å²) < 4.78 is 38.3. The Bertz CT molecular complexity index is 1780. The van der Waals surface area contributed by atoms with E-state index in [4.69, 9.17) is 38.4 Å². The summed E-state index contributed by atoms with van der Waals surface area (Å²) in [4.78, 5) is 22.1. The van der Waals surface area contributed by atoms with E-state index in [1.54, 1.807) is 17.9 Å². The third-order valence-corrected chi connectivity index (χ3v) is 12.4. The van der Waals surface area contributed by atoms with E-state index in [2.05, 4.69) is 38.6 Å². The van der Waals surface area contributed by atoms with E-state index in [0.717, 1.165) is 61.0 Å². The summed E-state index contributed by atoms with van der Waals surface area (Å²) in [7, 11) is 0. The maximum Gasteiger partial charge on any atom is 0.410 e. The quantitative estimate of drug-likeness (QED) is 0.0606. The molecule has 7 unspecified atom stereocenters. The number of aliphatic hydroxyl groups excluding tert-OH is 3. The van der Waals surface area contributed by atoms with E-state index in [1.165, 1.54) is 5.56 Å². The SMILES string of the molecule is C=CCOC12Oc3ccc(Oc4ccc(C)c(C)c4)cc3C3C(CCCCO)C(CCCCO)C=C(C(=NOC4CCCCO4)CC1N(CCOCCO)C(=O)OCC)C32. The van der Waals surface area contributed by atoms with Gasteiger partial charge in [-0.25, -0.2) is 4.79 Å². The molecule has 60 heavy (non-hydrogen) atoms. The fourth-order valence-electron chi connectivity index (χ4n) is 9.45. The summed E-state index contributed by atoms with van der Waals surface area (Å²) in [5.74, 6) is -0.0629. The van der Waals surface area contributed by atoms with Crippen molar-refractivity contribution in [2.75, 3.05) is 59.4 Å². The minimum absolute atomic E-state index is 0.0433. The van der Waals surface area contributed by atoms with Crippen molar-refractivity contribution in [3.05, 3.63) is 77.4 Å². The molecule has 2 heterocycles. The smallest absolute Gasteiger partial charge is 0.410 e. The predicted molar refractivity (Wildman–Crippen MR) is 227 cm³/mol. The largest absolute Gasteiger partial charge is 0.459 e. The van der Waals surface area contributed by atoms with Crippen molar-refractivity contribution < 1.29 is 53.4 Å². The number of carbonyl (C=O) groups excluding carboxylic acids is 1. The average Bonchev–Trinajstić information content (AvgIpc) is 3.25. The second-order valence-corrected chi connectivity index (χ2v) is 16.3. The normalized spacial score (nSPS) is 26.3. The van der Waals surface area contributed by atoms with Gasteiger partial charge in [-0.1, -0.05) is 36.2 Å². The second kappa shape index (κ2) is 22.2. The van der Waals surface area contributed by atoms with Crippen molar-refractivity contribution in [2.24, 2.45) is 22.9 Å². The molecule has 2 aromatic carbocycles. The number of amides is 1. The number of hydrogen-bond acceptors (Lipinski definition) is 12. The molecule has 0 aromatic heterocycles. The van der Waals surface area contributed by atoms with Crippen LogP contribution in [0.3, 0.4) is 0 Å². The number of ether oxygens (including phenoxy) is 6. The molecular weight excluding hydrogens is 769 g/mol. The molecule has 13 nitrogen and oxygen atoms in total. The number of carbonyl (C=O) groups is 1. The van der Waals surface area contributed by atoms with Crippen LogP contribution in [0, 0.1) is 31.6 Å². The van der Waals surface area contributed by atoms with Crippen LogP contribution in [0.4, 0.5) is 4.79 Å². The summed E-state index contributed by atoms with van der Waals surface area (Å²) in [5.41, 5.74) is 4.86. The number of aryl methyl sites for hydroxylation is 2. The summed E-state index contributed by atoms with van der Waals surface area (Å²) >= 11 is 0. The molecule has 330 valence electrons. The Morgan fingerprint density at radius 3 is 2.48 bits per heavy atom. The van der Waals surface area contributed by atoms with Crippen molar-refractivity contribution >= 4 is 11.8 Å². The van der Waals surface area contributed by atoms with Gasteiger partial charge in [0, 0.05) is 44.1 Å². The number of fused-ring (bicyclic) bond motifs is 2. The lowest BCUT2D eigenvalue weighted by atomic mass is 9.55. The fraction of sp³-hybridized carbons (Fsp3) is 0.617. The molecule has 0 radical (unpaired) electrons. The number of nitrogens with zero attached hydrogens (tertiary/aromatic N) is 2. The maximum absolute atomic E-state index is 14.2. The van der Waals surface area contributed by atoms with Gasteiger partial charge in [-0.3, -0.25) is 4.90 Å². The maximum atomic E-state index is 14.2. The number of benzene rings is 2. The third kappa shape index (κ3) is 10.5. The first-order valence-electron chi connectivity index (χ1n) is 22.0. The van der Waals surface area contributed by atoms with Gasteiger partial charge in [0.25, 0.3) is 0 Å². The number of allylic oxidation sites excluding steroid dienone is 1. The molecule has 2 aliphatic carbocycles. The highest BCUT2D eigenvalue weighted by molar-refractivity contribution is 6.03. The summed E-state index contributed by atoms with van der Waals surface area (Å²) in [6.45, 7) is 11.2. The number of oxime groups is 1. The zero-order valence-corrected chi connectivity index (χ0v) is 35.7. The Kier molecular flexibility index (Phi) is 16.9. The number of rotatable bonds is 22. The number of hydrogen-bond donors (Lipinski definition) is 3. The van der Waals surface area contributed by atoms with Crippen LogP contribution in [0.25, 0.3) is 0 Å². The van der Waals surface area contributed by atoms with E-state index in [9.17, 15) is 20.1 Å². The standard InChI is InChI=1S/C47H66N2O11/c1-5-24-57-47-42(49(46(53)55-6-2)20-26-54-27-23-52)31-40(48-60-43-15-9-12-25-56-43)38-29-34(13-7-10-21-50)37(14-8-11-22-51)44(45(38)47)39-30-36(18-19-41(39)59-47)58-35-17-16-32(3)33(4)28-35/h5,16-19,28-30,34,37,42-45,50-52H,1,6-15,20-27,31H2,2-4H3. The highest BCUT2D eigenvalue weighted by atomic mass is 16.8. The molecule has 7 atom stereocenters. The lowest BCUT2D eigenvalue weighted by molar-refractivity contribution is -0.256. The topological polar surface area (TPSA) is 158 Å². The molecule has 0 spiro atoms. The first-order chi connectivity index (χ1) is 29.3. The first kappa shape index (κ1) is 45.5. The van der Waals surface area contributed by atoms with Crippen LogP contribution in [-0.4, -0.2) is 110 Å². The third-order valence-electron chi connectivity index (χ3n) is 12.4. The van der Waals surface area contributed by atoms with Crippen molar-refractivity contribution in [3.63, 3.8) is 0 Å². The molecule has 2 aromatic rings. The van der Waals surface area contributed by atoms with E-state index in [1.807, 2.05) is 24.3 Å². The van der Waals surface area contributed by atoms with Crippen LogP contribution >= 0.6 is 0 Å². The van der Waals surface area contributed by atoms with Crippen LogP contribution < -0.4 is 9.47 Å². The Labute approximate surface area is 355 Å². The van der Waals surface area contributed by atoms with Crippen molar-refractivity contribution in [3.8, 4) is 17.2 Å². The lowest BCUT2D eigenvalue weighted by Crippen LogP contribution is -2.70. The van der Waals surface area contributed by atoms with Gasteiger partial charge in [0.1, 0.15) is 23.3 Å². The molecule has 0 bridgehead atoms. The Morgan fingerprint density at radius 2 is 1.77 bits per heavy atom. The van der Waals surface area contributed by atoms with Crippen LogP contribution in [0.15, 0.2) is 65.9 Å². The second-order valence-electron chi connectivity index (χ2n) is 16.3. The summed E-state index contributed by atoms with van der Waals surface area (Å²) in [6.07, 6.45) is 10.4. The Hall–Kier alpha value is -3.98. The Morgan fingerprint density at radius 1 is 0.983 bits per heavy atom. The lowest BCUT2D eigenvalue weighted by Gasteiger charge is -2.59. The average molecular weight is 835 g/mol. The number of unbranched alkanes of at least 4 members (excludes halogenated alkanes) is 2. The number of aliphatic hydroxyl groups is 3. The predicted octanol–water partition coefficient (Wildman–Crippen LogP) is 7.72. The van der Waals surface area contributed by atoms with Gasteiger partial charge in [-0.05, 0) is 118 Å². The van der Waals surface area contributed by atoms with E-state index < -0.39 is 30.1 Å². The van der Waals surface area contributed by atoms with Gasteiger partial charge in [0.15, 0.2) is 0 Å². The Balaban J connectivity index is 1.57. The highest BCUT2D eigenvalue weighted by Crippen LogP contribution is 2.62. The zero-order valence-electron chi connectivity index (χ0n) is 35.7. The fourth-order valence-corrected chi connectivity index (χ4v) is 9.45. The monoisotopic (exact) mass is 834 g/mol.